The van der Waals surface area contributed by atoms with Gasteiger partial charge >= 0.3 is 12.7 Å². The second kappa shape index (κ2) is 5.15. The Bertz CT molecular complexity index is 630. The number of amides is 1. The van der Waals surface area contributed by atoms with Gasteiger partial charge in [0, 0.05) is 11.8 Å². The predicted molar refractivity (Wildman–Crippen MR) is 68.4 cm³/mol. The van der Waals surface area contributed by atoms with E-state index in [1.807, 2.05) is 0 Å². The maximum absolute atomic E-state index is 13.3. The molecule has 3 atom stereocenters. The van der Waals surface area contributed by atoms with Crippen LogP contribution in [0.5, 0.6) is 0 Å². The molecule has 2 N–H and O–H groups in total. The molecule has 23 heavy (non-hydrogen) atoms. The average Bonchev–Trinajstić information content (AvgIpc) is 2.90. The fourth-order valence-corrected chi connectivity index (χ4v) is 2.89. The Morgan fingerprint density at radius 1 is 1.52 bits per heavy atom. The number of hydrogen-bond donors (Lipinski definition) is 1. The van der Waals surface area contributed by atoms with Crippen LogP contribution < -0.4 is 5.73 Å². The Morgan fingerprint density at radius 2 is 2.09 bits per heavy atom. The highest BCUT2D eigenvalue weighted by Gasteiger charge is 2.67. The van der Waals surface area contributed by atoms with Crippen molar-refractivity contribution < 1.29 is 31.5 Å². The van der Waals surface area contributed by atoms with E-state index in [-0.39, 0.29) is 22.4 Å². The Hall–Kier alpha value is -1.71. The van der Waals surface area contributed by atoms with Crippen LogP contribution in [0.4, 0.5) is 22.0 Å². The normalized spacial score (nSPS) is 31.8. The Labute approximate surface area is 128 Å². The van der Waals surface area contributed by atoms with Crippen molar-refractivity contribution in [3.63, 3.8) is 0 Å². The van der Waals surface area contributed by atoms with Crippen molar-refractivity contribution in [2.45, 2.75) is 51.1 Å². The van der Waals surface area contributed by atoms with Crippen molar-refractivity contribution in [1.82, 2.24) is 9.78 Å². The molecule has 0 saturated carbocycles. The molecule has 2 rings (SSSR count). The summed E-state index contributed by atoms with van der Waals surface area (Å²) in [7, 11) is 0. The van der Waals surface area contributed by atoms with Crippen LogP contribution in [0.1, 0.15) is 38.1 Å². The summed E-state index contributed by atoms with van der Waals surface area (Å²) in [6, 6.07) is 0. The zero-order chi connectivity index (χ0) is 17.8. The number of rotatable bonds is 3. The third kappa shape index (κ3) is 2.48. The minimum Gasteiger partial charge on any atom is -0.367 e. The van der Waals surface area contributed by atoms with E-state index in [0.29, 0.717) is 0 Å². The van der Waals surface area contributed by atoms with Gasteiger partial charge < -0.3 is 10.5 Å². The number of carbonyl (C=O) groups excluding carboxylic acids is 1. The van der Waals surface area contributed by atoms with Gasteiger partial charge in [0.15, 0.2) is 11.2 Å². The third-order valence-electron chi connectivity index (χ3n) is 4.43. The van der Waals surface area contributed by atoms with Crippen LogP contribution in [0.2, 0.25) is 0 Å². The van der Waals surface area contributed by atoms with Gasteiger partial charge in [-0.25, -0.2) is 4.68 Å². The van der Waals surface area contributed by atoms with Crippen molar-refractivity contribution in [2.24, 2.45) is 11.7 Å². The van der Waals surface area contributed by atoms with Gasteiger partial charge in [0.2, 0.25) is 0 Å². The summed E-state index contributed by atoms with van der Waals surface area (Å²) in [5, 5.41) is 3.51. The summed E-state index contributed by atoms with van der Waals surface area (Å²) >= 11 is 0. The first-order valence-corrected chi connectivity index (χ1v) is 6.76. The number of nitrogens with zero attached hydrogens (tertiary/aromatic N) is 2. The standard InChI is InChI=1S/C13H16F5N3O2/c1-6-4-12(9(19)22,23-11(6,3)13(16,17)18)8-5-21(10(14)15)20-7(8)2/h5-6,10H,4H2,1-3H3,(H2,19,22). The number of halogens is 5. The second-order valence-corrected chi connectivity index (χ2v) is 5.89. The van der Waals surface area contributed by atoms with Gasteiger partial charge in [0.25, 0.3) is 5.91 Å². The number of nitrogens with two attached hydrogens (primary N) is 1. The SMILES string of the molecule is Cc1nn(C(F)F)cc1C1(C(N)=O)CC(C)C(C)(C(F)(F)F)O1. The molecule has 1 aliphatic rings. The topological polar surface area (TPSA) is 70.1 Å². The second-order valence-electron chi connectivity index (χ2n) is 5.89. The molecule has 5 nitrogen and oxygen atoms in total. The van der Waals surface area contributed by atoms with Crippen LogP contribution in [0.25, 0.3) is 0 Å². The van der Waals surface area contributed by atoms with E-state index < -0.39 is 35.8 Å². The van der Waals surface area contributed by atoms with Crippen molar-refractivity contribution in [3.8, 4) is 0 Å². The smallest absolute Gasteiger partial charge is 0.367 e. The van der Waals surface area contributed by atoms with E-state index in [1.54, 1.807) is 0 Å². The Balaban J connectivity index is 2.58. The van der Waals surface area contributed by atoms with Gasteiger partial charge in [-0.05, 0) is 26.2 Å². The number of carbonyl (C=O) groups is 1. The van der Waals surface area contributed by atoms with Gasteiger partial charge in [-0.15, -0.1) is 0 Å². The molecule has 0 aromatic carbocycles. The summed E-state index contributed by atoms with van der Waals surface area (Å²) in [6.45, 7) is 0.386. The number of alkyl halides is 5. The largest absolute Gasteiger partial charge is 0.417 e. The molecule has 1 aromatic heterocycles. The lowest BCUT2D eigenvalue weighted by Crippen LogP contribution is -2.50. The highest BCUT2D eigenvalue weighted by molar-refractivity contribution is 5.85. The molecule has 0 radical (unpaired) electrons. The average molecular weight is 341 g/mol. The third-order valence-corrected chi connectivity index (χ3v) is 4.43. The van der Waals surface area contributed by atoms with Crippen LogP contribution in [-0.2, 0) is 15.1 Å². The van der Waals surface area contributed by atoms with Gasteiger partial charge in [-0.3, -0.25) is 4.79 Å². The van der Waals surface area contributed by atoms with Crippen molar-refractivity contribution in [1.29, 1.82) is 0 Å². The Morgan fingerprint density at radius 3 is 2.43 bits per heavy atom. The van der Waals surface area contributed by atoms with Crippen molar-refractivity contribution >= 4 is 5.91 Å². The zero-order valence-electron chi connectivity index (χ0n) is 12.6. The van der Waals surface area contributed by atoms with Gasteiger partial charge in [0.05, 0.1) is 5.69 Å². The molecule has 0 spiro atoms. The highest BCUT2D eigenvalue weighted by atomic mass is 19.4. The van der Waals surface area contributed by atoms with Crippen LogP contribution >= 0.6 is 0 Å². The molecule has 2 heterocycles. The van der Waals surface area contributed by atoms with Gasteiger partial charge in [-0.1, -0.05) is 6.92 Å². The highest BCUT2D eigenvalue weighted by Crippen LogP contribution is 2.54. The summed E-state index contributed by atoms with van der Waals surface area (Å²) in [6.07, 6.45) is -4.33. The maximum atomic E-state index is 13.3. The summed E-state index contributed by atoms with van der Waals surface area (Å²) in [5.41, 5.74) is 0.299. The molecule has 1 aromatic rings. The predicted octanol–water partition coefficient (Wildman–Crippen LogP) is 2.64. The molecule has 1 aliphatic heterocycles. The molecule has 1 fully saturated rings. The minimum atomic E-state index is -4.75. The number of aryl methyl sites for hydroxylation is 1. The van der Waals surface area contributed by atoms with Crippen LogP contribution in [-0.4, -0.2) is 27.5 Å². The first-order chi connectivity index (χ1) is 10.3. The van der Waals surface area contributed by atoms with Gasteiger partial charge in [0.1, 0.15) is 0 Å². The summed E-state index contributed by atoms with van der Waals surface area (Å²) in [5.74, 6) is -2.28. The molecular weight excluding hydrogens is 325 g/mol. The van der Waals surface area contributed by atoms with Crippen LogP contribution in [0.15, 0.2) is 6.20 Å². The molecule has 0 bridgehead atoms. The van der Waals surface area contributed by atoms with Crippen molar-refractivity contribution in [2.75, 3.05) is 0 Å². The number of primary amides is 1. The lowest BCUT2D eigenvalue weighted by Gasteiger charge is -2.33. The molecule has 1 saturated heterocycles. The number of hydrogen-bond acceptors (Lipinski definition) is 3. The molecule has 1 amide bonds. The van der Waals surface area contributed by atoms with E-state index in [9.17, 15) is 26.7 Å². The number of ether oxygens (including phenoxy) is 1. The molecule has 10 heteroatoms. The van der Waals surface area contributed by atoms with Crippen molar-refractivity contribution in [3.05, 3.63) is 17.5 Å². The summed E-state index contributed by atoms with van der Waals surface area (Å²) in [4.78, 5) is 11.9. The van der Waals surface area contributed by atoms with Crippen LogP contribution in [0, 0.1) is 12.8 Å². The zero-order valence-corrected chi connectivity index (χ0v) is 12.6. The van der Waals surface area contributed by atoms with E-state index in [4.69, 9.17) is 10.5 Å². The quantitative estimate of drug-likeness (QED) is 0.859. The number of aromatic nitrogens is 2. The lowest BCUT2D eigenvalue weighted by atomic mass is 9.83. The minimum absolute atomic E-state index is 0.0391. The van der Waals surface area contributed by atoms with Gasteiger partial charge in [-0.2, -0.15) is 27.1 Å². The first-order valence-electron chi connectivity index (χ1n) is 6.76. The first kappa shape index (κ1) is 17.6. The Kier molecular flexibility index (Phi) is 3.95. The fraction of sp³-hybridized carbons (Fsp3) is 0.692. The molecule has 130 valence electrons. The maximum Gasteiger partial charge on any atom is 0.417 e. The van der Waals surface area contributed by atoms with E-state index in [1.165, 1.54) is 13.8 Å². The van der Waals surface area contributed by atoms with E-state index in [2.05, 4.69) is 5.10 Å². The fourth-order valence-electron chi connectivity index (χ4n) is 2.89. The van der Waals surface area contributed by atoms with E-state index >= 15 is 0 Å². The monoisotopic (exact) mass is 341 g/mol. The molecule has 0 aliphatic carbocycles. The summed E-state index contributed by atoms with van der Waals surface area (Å²) < 4.78 is 70.9. The lowest BCUT2D eigenvalue weighted by molar-refractivity contribution is -0.285. The van der Waals surface area contributed by atoms with E-state index in [0.717, 1.165) is 13.1 Å². The van der Waals surface area contributed by atoms with Crippen LogP contribution in [0.3, 0.4) is 0 Å². The molecular formula is C13H16F5N3O2. The molecule has 3 unspecified atom stereocenters.